The highest BCUT2D eigenvalue weighted by Crippen LogP contribution is 2.14. The molecule has 0 aromatic heterocycles. The van der Waals surface area contributed by atoms with Crippen molar-refractivity contribution in [1.29, 1.82) is 0 Å². The van der Waals surface area contributed by atoms with Crippen molar-refractivity contribution in [3.63, 3.8) is 0 Å². The van der Waals surface area contributed by atoms with E-state index in [1.165, 1.54) is 6.42 Å². The van der Waals surface area contributed by atoms with Crippen molar-refractivity contribution in [2.24, 2.45) is 0 Å². The Morgan fingerprint density at radius 1 is 0.929 bits per heavy atom. The normalized spacial score (nSPS) is 21.1. The van der Waals surface area contributed by atoms with Gasteiger partial charge in [-0.3, -0.25) is 19.4 Å². The summed E-state index contributed by atoms with van der Waals surface area (Å²) in [6.07, 6.45) is 3.51. The largest absolute Gasteiger partial charge is 0.348 e. The maximum Gasteiger partial charge on any atom is 0.237 e. The average Bonchev–Trinajstić information content (AvgIpc) is 2.75. The number of nitrogens with one attached hydrogen (secondary N) is 1. The minimum Gasteiger partial charge on any atom is -0.348 e. The van der Waals surface area contributed by atoms with Gasteiger partial charge in [0.15, 0.2) is 0 Å². The van der Waals surface area contributed by atoms with Crippen LogP contribution in [0.4, 0.5) is 0 Å². The van der Waals surface area contributed by atoms with Crippen molar-refractivity contribution in [3.8, 4) is 0 Å². The number of piperazine rings is 1. The molecular weight excluding hydrogens is 352 g/mol. The van der Waals surface area contributed by atoms with Gasteiger partial charge in [-0.15, -0.1) is 0 Å². The van der Waals surface area contributed by atoms with Gasteiger partial charge in [0.2, 0.25) is 11.8 Å². The molecule has 154 valence electrons. The van der Waals surface area contributed by atoms with Gasteiger partial charge in [-0.1, -0.05) is 30.3 Å². The number of amides is 2. The Bertz CT molecular complexity index is 637. The fourth-order valence-corrected chi connectivity index (χ4v) is 4.07. The number of nitrogens with zero attached hydrogens (tertiary/aromatic N) is 3. The van der Waals surface area contributed by atoms with E-state index in [9.17, 15) is 9.59 Å². The van der Waals surface area contributed by atoms with Crippen molar-refractivity contribution in [3.05, 3.63) is 35.9 Å². The second kappa shape index (κ2) is 10.0. The third-order valence-electron chi connectivity index (χ3n) is 6.06. The Morgan fingerprint density at radius 3 is 2.21 bits per heavy atom. The second-order valence-electron chi connectivity index (χ2n) is 8.07. The van der Waals surface area contributed by atoms with Crippen molar-refractivity contribution in [2.75, 3.05) is 45.8 Å². The van der Waals surface area contributed by atoms with Gasteiger partial charge >= 0.3 is 0 Å². The van der Waals surface area contributed by atoms with Gasteiger partial charge in [0.25, 0.3) is 0 Å². The number of likely N-dealkylation sites (tertiary alicyclic amines) is 1. The van der Waals surface area contributed by atoms with Crippen molar-refractivity contribution in [2.45, 2.75) is 45.2 Å². The lowest BCUT2D eigenvalue weighted by Crippen LogP contribution is -2.55. The standard InChI is InChI=1S/C22H34N4O2/c1-18(20-9-5-3-6-10-20)23-22(28)19(2)25-15-13-24(14-16-25)17-21(27)26-11-7-4-8-12-26/h3,5-6,9-10,18-19H,4,7-8,11-17H2,1-2H3,(H,23,28)/t18-,19+/m1/s1. The quantitative estimate of drug-likeness (QED) is 0.811. The lowest BCUT2D eigenvalue weighted by Gasteiger charge is -2.38. The van der Waals surface area contributed by atoms with Crippen LogP contribution in [-0.2, 0) is 9.59 Å². The fourth-order valence-electron chi connectivity index (χ4n) is 4.07. The third kappa shape index (κ3) is 5.55. The molecular formula is C22H34N4O2. The fraction of sp³-hybridized carbons (Fsp3) is 0.636. The molecule has 2 amide bonds. The number of carbonyl (C=O) groups is 2. The van der Waals surface area contributed by atoms with Gasteiger partial charge in [-0.2, -0.15) is 0 Å². The lowest BCUT2D eigenvalue weighted by molar-refractivity contribution is -0.134. The molecule has 6 nitrogen and oxygen atoms in total. The predicted octanol–water partition coefficient (Wildman–Crippen LogP) is 1.88. The SMILES string of the molecule is C[C@@H](NC(=O)[C@H](C)N1CCN(CC(=O)N2CCCCC2)CC1)c1ccccc1. The first-order valence-electron chi connectivity index (χ1n) is 10.6. The lowest BCUT2D eigenvalue weighted by atomic mass is 10.1. The maximum atomic E-state index is 12.7. The van der Waals surface area contributed by atoms with Gasteiger partial charge in [-0.25, -0.2) is 0 Å². The molecule has 0 aliphatic carbocycles. The minimum absolute atomic E-state index is 0.000367. The van der Waals surface area contributed by atoms with E-state index in [0.29, 0.717) is 6.54 Å². The summed E-state index contributed by atoms with van der Waals surface area (Å²) in [4.78, 5) is 31.6. The highest BCUT2D eigenvalue weighted by atomic mass is 16.2. The summed E-state index contributed by atoms with van der Waals surface area (Å²) < 4.78 is 0. The van der Waals surface area contributed by atoms with Crippen LogP contribution < -0.4 is 5.32 Å². The zero-order chi connectivity index (χ0) is 19.9. The number of hydrogen-bond acceptors (Lipinski definition) is 4. The number of piperidine rings is 1. The Hall–Kier alpha value is -1.92. The van der Waals surface area contributed by atoms with E-state index < -0.39 is 0 Å². The molecule has 1 aromatic rings. The van der Waals surface area contributed by atoms with E-state index in [4.69, 9.17) is 0 Å². The third-order valence-corrected chi connectivity index (χ3v) is 6.06. The number of carbonyl (C=O) groups excluding carboxylic acids is 2. The number of hydrogen-bond donors (Lipinski definition) is 1. The maximum absolute atomic E-state index is 12.7. The van der Waals surface area contributed by atoms with E-state index in [1.807, 2.05) is 49.1 Å². The van der Waals surface area contributed by atoms with Gasteiger partial charge in [0, 0.05) is 39.3 Å². The zero-order valence-electron chi connectivity index (χ0n) is 17.3. The van der Waals surface area contributed by atoms with Gasteiger partial charge in [-0.05, 0) is 38.7 Å². The Balaban J connectivity index is 1.42. The van der Waals surface area contributed by atoms with Crippen LogP contribution in [0.5, 0.6) is 0 Å². The molecule has 1 aromatic carbocycles. The second-order valence-corrected chi connectivity index (χ2v) is 8.07. The van der Waals surface area contributed by atoms with Crippen LogP contribution in [-0.4, -0.2) is 78.4 Å². The summed E-state index contributed by atoms with van der Waals surface area (Å²) in [7, 11) is 0. The smallest absolute Gasteiger partial charge is 0.237 e. The molecule has 2 aliphatic rings. The Labute approximate surface area is 168 Å². The Morgan fingerprint density at radius 2 is 1.57 bits per heavy atom. The summed E-state index contributed by atoms with van der Waals surface area (Å²) in [5.74, 6) is 0.324. The molecule has 0 radical (unpaired) electrons. The topological polar surface area (TPSA) is 55.9 Å². The number of rotatable bonds is 6. The Kier molecular flexibility index (Phi) is 7.45. The van der Waals surface area contributed by atoms with Gasteiger partial charge in [0.05, 0.1) is 18.6 Å². The highest BCUT2D eigenvalue weighted by molar-refractivity contribution is 5.81. The van der Waals surface area contributed by atoms with Gasteiger partial charge < -0.3 is 10.2 Å². The van der Waals surface area contributed by atoms with Crippen LogP contribution in [0, 0.1) is 0 Å². The van der Waals surface area contributed by atoms with Crippen LogP contribution in [0.3, 0.4) is 0 Å². The summed E-state index contributed by atoms with van der Waals surface area (Å²) in [6, 6.07) is 9.88. The first kappa shape index (κ1) is 20.8. The highest BCUT2D eigenvalue weighted by Gasteiger charge is 2.28. The molecule has 28 heavy (non-hydrogen) atoms. The van der Waals surface area contributed by atoms with E-state index in [0.717, 1.165) is 57.7 Å². The van der Waals surface area contributed by atoms with Crippen LogP contribution in [0.25, 0.3) is 0 Å². The summed E-state index contributed by atoms with van der Waals surface area (Å²) in [6.45, 7) is 9.65. The molecule has 6 heteroatoms. The first-order valence-corrected chi connectivity index (χ1v) is 10.6. The molecule has 2 heterocycles. The molecule has 0 bridgehead atoms. The first-order chi connectivity index (χ1) is 13.5. The van der Waals surface area contributed by atoms with Crippen LogP contribution >= 0.6 is 0 Å². The van der Waals surface area contributed by atoms with Crippen LogP contribution in [0.2, 0.25) is 0 Å². The molecule has 2 saturated heterocycles. The molecule has 1 N–H and O–H groups in total. The summed E-state index contributed by atoms with van der Waals surface area (Å²) in [5.41, 5.74) is 1.11. The van der Waals surface area contributed by atoms with E-state index in [1.54, 1.807) is 0 Å². The zero-order valence-corrected chi connectivity index (χ0v) is 17.3. The molecule has 0 unspecified atom stereocenters. The number of benzene rings is 1. The summed E-state index contributed by atoms with van der Waals surface area (Å²) >= 11 is 0. The molecule has 2 atom stereocenters. The molecule has 3 rings (SSSR count). The van der Waals surface area contributed by atoms with Crippen LogP contribution in [0.15, 0.2) is 30.3 Å². The van der Waals surface area contributed by atoms with Crippen molar-refractivity contribution in [1.82, 2.24) is 20.0 Å². The van der Waals surface area contributed by atoms with Gasteiger partial charge in [0.1, 0.15) is 0 Å². The van der Waals surface area contributed by atoms with E-state index >= 15 is 0 Å². The van der Waals surface area contributed by atoms with E-state index in [2.05, 4.69) is 15.1 Å². The molecule has 0 spiro atoms. The molecule has 2 aliphatic heterocycles. The monoisotopic (exact) mass is 386 g/mol. The molecule has 2 fully saturated rings. The predicted molar refractivity (Wildman–Crippen MR) is 111 cm³/mol. The van der Waals surface area contributed by atoms with E-state index in [-0.39, 0.29) is 23.9 Å². The average molecular weight is 387 g/mol. The van der Waals surface area contributed by atoms with Crippen molar-refractivity contribution < 1.29 is 9.59 Å². The molecule has 0 saturated carbocycles. The van der Waals surface area contributed by atoms with Crippen LogP contribution in [0.1, 0.15) is 44.7 Å². The van der Waals surface area contributed by atoms with Crippen molar-refractivity contribution >= 4 is 11.8 Å². The minimum atomic E-state index is -0.161. The summed E-state index contributed by atoms with van der Waals surface area (Å²) in [5, 5.41) is 3.12.